The molecule has 0 bridgehead atoms. The van der Waals surface area contributed by atoms with Gasteiger partial charge in [-0.2, -0.15) is 11.8 Å². The van der Waals surface area contributed by atoms with Crippen LogP contribution >= 0.6 is 23.4 Å². The van der Waals surface area contributed by atoms with Gasteiger partial charge in [-0.05, 0) is 31.2 Å². The molecule has 3 nitrogen and oxygen atoms in total. The topological polar surface area (TPSA) is 29.0 Å². The summed E-state index contributed by atoms with van der Waals surface area (Å²) in [5.41, 5.74) is 2.12. The molecule has 0 aliphatic heterocycles. The second-order valence-corrected chi connectivity index (χ2v) is 4.82. The van der Waals surface area contributed by atoms with Gasteiger partial charge in [-0.15, -0.1) is 10.2 Å². The summed E-state index contributed by atoms with van der Waals surface area (Å²) in [7, 11) is 2.03. The lowest BCUT2D eigenvalue weighted by molar-refractivity contribution is 0.884. The molecule has 0 amide bonds. The Hall–Kier alpha value is -0.480. The number of halogens is 1. The van der Waals surface area contributed by atoms with Crippen molar-refractivity contribution in [2.24, 2.45) is 0 Å². The van der Waals surface area contributed by atoms with Gasteiger partial charge in [0.2, 0.25) is 0 Å². The quantitative estimate of drug-likeness (QED) is 0.815. The Morgan fingerprint density at radius 3 is 2.53 bits per heavy atom. The fraction of sp³-hybridized carbons (Fsp3) is 0.600. The van der Waals surface area contributed by atoms with E-state index in [-0.39, 0.29) is 0 Å². The summed E-state index contributed by atoms with van der Waals surface area (Å²) in [5, 5.41) is 8.56. The van der Waals surface area contributed by atoms with Crippen LogP contribution in [0.5, 0.6) is 0 Å². The smallest absolute Gasteiger partial charge is 0.155 e. The summed E-state index contributed by atoms with van der Waals surface area (Å²) >= 11 is 7.72. The molecule has 84 valence electrons. The molecular weight excluding hydrogens is 230 g/mol. The SMILES string of the molecule is CSCCN(C)c1nnc(Cl)c(C)c1C. The number of aromatic nitrogens is 2. The number of hydrogen-bond donors (Lipinski definition) is 0. The zero-order valence-corrected chi connectivity index (χ0v) is 11.1. The lowest BCUT2D eigenvalue weighted by Gasteiger charge is -2.19. The highest BCUT2D eigenvalue weighted by atomic mass is 35.5. The van der Waals surface area contributed by atoms with Gasteiger partial charge in [-0.3, -0.25) is 0 Å². The summed E-state index contributed by atoms with van der Waals surface area (Å²) in [6, 6.07) is 0. The Morgan fingerprint density at radius 1 is 1.27 bits per heavy atom. The Morgan fingerprint density at radius 2 is 1.93 bits per heavy atom. The first-order valence-electron chi connectivity index (χ1n) is 4.77. The summed E-state index contributed by atoms with van der Waals surface area (Å²) in [6.07, 6.45) is 2.10. The highest BCUT2D eigenvalue weighted by Gasteiger charge is 2.11. The number of hydrogen-bond acceptors (Lipinski definition) is 4. The van der Waals surface area contributed by atoms with E-state index in [2.05, 4.69) is 21.4 Å². The maximum absolute atomic E-state index is 5.90. The molecule has 0 N–H and O–H groups in total. The second-order valence-electron chi connectivity index (χ2n) is 3.48. The van der Waals surface area contributed by atoms with Gasteiger partial charge in [0.15, 0.2) is 11.0 Å². The van der Waals surface area contributed by atoms with Crippen molar-refractivity contribution < 1.29 is 0 Å². The predicted octanol–water partition coefficient (Wildman–Crippen LogP) is 2.55. The lowest BCUT2D eigenvalue weighted by Crippen LogP contribution is -2.23. The van der Waals surface area contributed by atoms with Gasteiger partial charge < -0.3 is 4.90 Å². The van der Waals surface area contributed by atoms with E-state index in [0.717, 1.165) is 29.2 Å². The van der Waals surface area contributed by atoms with E-state index < -0.39 is 0 Å². The molecule has 0 saturated heterocycles. The zero-order valence-electron chi connectivity index (χ0n) is 9.54. The lowest BCUT2D eigenvalue weighted by atomic mass is 10.2. The third-order valence-corrected chi connectivity index (χ3v) is 3.38. The fourth-order valence-electron chi connectivity index (χ4n) is 1.26. The summed E-state index contributed by atoms with van der Waals surface area (Å²) in [5.74, 6) is 2.00. The Balaban J connectivity index is 2.90. The van der Waals surface area contributed by atoms with E-state index >= 15 is 0 Å². The van der Waals surface area contributed by atoms with Gasteiger partial charge in [-0.25, -0.2) is 0 Å². The Labute approximate surface area is 100 Å². The van der Waals surface area contributed by atoms with Crippen LogP contribution in [0.2, 0.25) is 5.15 Å². The third-order valence-electron chi connectivity index (χ3n) is 2.43. The Kier molecular flexibility index (Phi) is 4.67. The first-order valence-corrected chi connectivity index (χ1v) is 6.54. The van der Waals surface area contributed by atoms with Crippen molar-refractivity contribution >= 4 is 29.2 Å². The molecule has 0 saturated carbocycles. The molecule has 1 aromatic heterocycles. The van der Waals surface area contributed by atoms with Crippen LogP contribution in [0, 0.1) is 13.8 Å². The van der Waals surface area contributed by atoms with Crippen LogP contribution in [0.1, 0.15) is 11.1 Å². The van der Waals surface area contributed by atoms with Gasteiger partial charge in [-0.1, -0.05) is 11.6 Å². The zero-order chi connectivity index (χ0) is 11.4. The van der Waals surface area contributed by atoms with Crippen molar-refractivity contribution in [3.05, 3.63) is 16.3 Å². The van der Waals surface area contributed by atoms with Crippen LogP contribution in [0.15, 0.2) is 0 Å². The van der Waals surface area contributed by atoms with Gasteiger partial charge in [0.1, 0.15) is 0 Å². The number of thioether (sulfide) groups is 1. The van der Waals surface area contributed by atoms with Crippen molar-refractivity contribution in [3.8, 4) is 0 Å². The van der Waals surface area contributed by atoms with E-state index in [1.54, 1.807) is 0 Å². The molecule has 1 rings (SSSR count). The number of anilines is 1. The highest BCUT2D eigenvalue weighted by Crippen LogP contribution is 2.22. The molecule has 0 aromatic carbocycles. The van der Waals surface area contributed by atoms with Crippen molar-refractivity contribution in [1.82, 2.24) is 10.2 Å². The van der Waals surface area contributed by atoms with Crippen molar-refractivity contribution in [1.29, 1.82) is 0 Å². The van der Waals surface area contributed by atoms with Crippen molar-refractivity contribution in [3.63, 3.8) is 0 Å². The molecule has 1 heterocycles. The third kappa shape index (κ3) is 2.98. The molecular formula is C10H16ClN3S. The second kappa shape index (κ2) is 5.56. The minimum absolute atomic E-state index is 0.495. The van der Waals surface area contributed by atoms with Crippen molar-refractivity contribution in [2.45, 2.75) is 13.8 Å². The molecule has 0 aliphatic rings. The van der Waals surface area contributed by atoms with E-state index in [9.17, 15) is 0 Å². The van der Waals surface area contributed by atoms with Crippen LogP contribution in [0.25, 0.3) is 0 Å². The monoisotopic (exact) mass is 245 g/mol. The van der Waals surface area contributed by atoms with E-state index in [1.807, 2.05) is 32.7 Å². The first kappa shape index (κ1) is 12.6. The first-order chi connectivity index (χ1) is 7.07. The average molecular weight is 246 g/mol. The van der Waals surface area contributed by atoms with E-state index in [4.69, 9.17) is 11.6 Å². The molecule has 0 spiro atoms. The normalized spacial score (nSPS) is 10.5. The fourth-order valence-corrected chi connectivity index (χ4v) is 1.90. The van der Waals surface area contributed by atoms with Gasteiger partial charge in [0.05, 0.1) is 0 Å². The van der Waals surface area contributed by atoms with E-state index in [0.29, 0.717) is 5.15 Å². The average Bonchev–Trinajstić information content (AvgIpc) is 2.23. The molecule has 1 aromatic rings. The minimum atomic E-state index is 0.495. The van der Waals surface area contributed by atoms with Crippen LogP contribution in [-0.2, 0) is 0 Å². The molecule has 0 aliphatic carbocycles. The molecule has 15 heavy (non-hydrogen) atoms. The van der Waals surface area contributed by atoms with Gasteiger partial charge in [0.25, 0.3) is 0 Å². The summed E-state index contributed by atoms with van der Waals surface area (Å²) < 4.78 is 0. The molecule has 0 fully saturated rings. The predicted molar refractivity (Wildman–Crippen MR) is 68.2 cm³/mol. The van der Waals surface area contributed by atoms with Crippen molar-refractivity contribution in [2.75, 3.05) is 30.5 Å². The molecule has 0 unspecified atom stereocenters. The molecule has 0 radical (unpaired) electrons. The number of rotatable bonds is 4. The molecule has 5 heteroatoms. The maximum Gasteiger partial charge on any atom is 0.155 e. The standard InChI is InChI=1S/C10H16ClN3S/c1-7-8(2)10(13-12-9(7)11)14(3)5-6-15-4/h5-6H2,1-4H3. The largest absolute Gasteiger partial charge is 0.357 e. The number of nitrogens with zero attached hydrogens (tertiary/aromatic N) is 3. The highest BCUT2D eigenvalue weighted by molar-refractivity contribution is 7.98. The Bertz CT molecular complexity index is 344. The van der Waals surface area contributed by atoms with E-state index in [1.165, 1.54) is 0 Å². The van der Waals surface area contributed by atoms with Crippen LogP contribution in [0.4, 0.5) is 5.82 Å². The van der Waals surface area contributed by atoms with Crippen LogP contribution < -0.4 is 4.90 Å². The minimum Gasteiger partial charge on any atom is -0.357 e. The summed E-state index contributed by atoms with van der Waals surface area (Å²) in [6.45, 7) is 4.97. The molecule has 0 atom stereocenters. The van der Waals surface area contributed by atoms with Crippen LogP contribution in [-0.4, -0.2) is 35.8 Å². The summed E-state index contributed by atoms with van der Waals surface area (Å²) in [4.78, 5) is 2.11. The van der Waals surface area contributed by atoms with Crippen LogP contribution in [0.3, 0.4) is 0 Å². The maximum atomic E-state index is 5.90. The van der Waals surface area contributed by atoms with Gasteiger partial charge in [0, 0.05) is 19.3 Å². The van der Waals surface area contributed by atoms with Gasteiger partial charge >= 0.3 is 0 Å².